The number of hydrogen-bond donors (Lipinski definition) is 3. The van der Waals surface area contributed by atoms with E-state index in [2.05, 4.69) is 30.9 Å². The molecule has 154 valence electrons. The molecule has 1 amide bonds. The molecule has 1 aliphatic rings. The number of halogens is 2. The number of nitrogens with one attached hydrogen (secondary N) is 3. The minimum absolute atomic E-state index is 0.0502. The smallest absolute Gasteiger partial charge is 0.407 e. The third kappa shape index (κ3) is 3.96. The van der Waals surface area contributed by atoms with Gasteiger partial charge in [0, 0.05) is 24.5 Å². The summed E-state index contributed by atoms with van der Waals surface area (Å²) in [4.78, 5) is 16.0. The summed E-state index contributed by atoms with van der Waals surface area (Å²) in [6, 6.07) is 1.49. The van der Waals surface area contributed by atoms with Crippen molar-refractivity contribution < 1.29 is 18.7 Å². The predicted octanol–water partition coefficient (Wildman–Crippen LogP) is 2.76. The van der Waals surface area contributed by atoms with Crippen molar-refractivity contribution in [3.8, 4) is 0 Å². The van der Waals surface area contributed by atoms with Gasteiger partial charge in [0.1, 0.15) is 11.6 Å². The van der Waals surface area contributed by atoms with Crippen LogP contribution in [0.5, 0.6) is 0 Å². The van der Waals surface area contributed by atoms with Crippen molar-refractivity contribution >= 4 is 34.8 Å². The van der Waals surface area contributed by atoms with Crippen LogP contribution in [0.15, 0.2) is 24.7 Å². The summed E-state index contributed by atoms with van der Waals surface area (Å²) in [5, 5.41) is 17.0. The molecule has 3 aromatic rings. The Kier molecular flexibility index (Phi) is 5.24. The van der Waals surface area contributed by atoms with Gasteiger partial charge < -0.3 is 20.1 Å². The number of ether oxygens (including phenoxy) is 2. The van der Waals surface area contributed by atoms with E-state index >= 15 is 0 Å². The van der Waals surface area contributed by atoms with E-state index in [4.69, 9.17) is 21.1 Å². The molecule has 0 aromatic carbocycles. The lowest BCUT2D eigenvalue weighted by Crippen LogP contribution is -2.36. The molecule has 0 bridgehead atoms. The van der Waals surface area contributed by atoms with Crippen LogP contribution in [0, 0.1) is 0 Å². The monoisotopic (exact) mass is 423 g/mol. The first-order chi connectivity index (χ1) is 13.9. The van der Waals surface area contributed by atoms with Gasteiger partial charge in [-0.05, 0) is 13.8 Å². The van der Waals surface area contributed by atoms with Crippen LogP contribution in [0.2, 0.25) is 5.02 Å². The average Bonchev–Trinajstić information content (AvgIpc) is 3.36. The molecule has 1 fully saturated rings. The topological polar surface area (TPSA) is 118 Å². The van der Waals surface area contributed by atoms with Crippen molar-refractivity contribution in [3.63, 3.8) is 0 Å². The third-order valence-electron chi connectivity index (χ3n) is 4.29. The van der Waals surface area contributed by atoms with E-state index in [1.165, 1.54) is 6.20 Å². The summed E-state index contributed by atoms with van der Waals surface area (Å²) in [6.07, 6.45) is 0.589. The van der Waals surface area contributed by atoms with Gasteiger partial charge in [-0.2, -0.15) is 10.2 Å². The number of carbonyl (C=O) groups is 1. The normalized spacial score (nSPS) is 21.6. The number of anilines is 2. The minimum Gasteiger partial charge on any atom is -0.441 e. The highest BCUT2D eigenvalue weighted by Gasteiger charge is 2.42. The molecule has 4 heterocycles. The average molecular weight is 424 g/mol. The van der Waals surface area contributed by atoms with Crippen molar-refractivity contribution in [3.05, 3.63) is 35.4 Å². The molecule has 0 unspecified atom stereocenters. The third-order valence-corrected chi connectivity index (χ3v) is 4.56. The number of hydrogen-bond acceptors (Lipinski definition) is 7. The fraction of sp³-hybridized carbons (Fsp3) is 0.412. The molecule has 0 radical (unpaired) electrons. The van der Waals surface area contributed by atoms with E-state index in [9.17, 15) is 9.18 Å². The molecule has 29 heavy (non-hydrogen) atoms. The van der Waals surface area contributed by atoms with Crippen LogP contribution < -0.4 is 10.6 Å². The molecule has 0 spiro atoms. The fourth-order valence-corrected chi connectivity index (χ4v) is 3.23. The second kappa shape index (κ2) is 7.84. The molecule has 10 nitrogen and oxygen atoms in total. The first-order valence-corrected chi connectivity index (χ1v) is 9.33. The lowest BCUT2D eigenvalue weighted by atomic mass is 10.1. The van der Waals surface area contributed by atoms with Crippen molar-refractivity contribution in [2.45, 2.75) is 38.3 Å². The molecule has 0 saturated carbocycles. The molecule has 3 aromatic heterocycles. The Morgan fingerprint density at radius 2 is 2.34 bits per heavy atom. The van der Waals surface area contributed by atoms with E-state index in [1.807, 2.05) is 0 Å². The number of aromatic amines is 1. The zero-order valence-electron chi connectivity index (χ0n) is 15.6. The minimum atomic E-state index is -1.54. The first-order valence-electron chi connectivity index (χ1n) is 8.95. The second-order valence-electron chi connectivity index (χ2n) is 6.84. The Bertz CT molecular complexity index is 1020. The summed E-state index contributed by atoms with van der Waals surface area (Å²) < 4.78 is 26.9. The number of carbonyl (C=O) groups excluding carboxylic acids is 1. The molecule has 0 aliphatic carbocycles. The van der Waals surface area contributed by atoms with Gasteiger partial charge in [0.15, 0.2) is 23.9 Å². The van der Waals surface area contributed by atoms with Crippen LogP contribution in [-0.4, -0.2) is 55.8 Å². The molecule has 4 rings (SSSR count). The Morgan fingerprint density at radius 1 is 1.52 bits per heavy atom. The lowest BCUT2D eigenvalue weighted by Gasteiger charge is -2.16. The Balaban J connectivity index is 1.45. The molecule has 3 N–H and O–H groups in total. The molecular formula is C17H19ClFN7O3. The van der Waals surface area contributed by atoms with E-state index < -0.39 is 24.5 Å². The Morgan fingerprint density at radius 3 is 3.14 bits per heavy atom. The van der Waals surface area contributed by atoms with E-state index in [-0.39, 0.29) is 12.6 Å². The zero-order chi connectivity index (χ0) is 20.5. The standard InChI is InChI=1S/C17H19ClFN7O3/c1-8(2)22-17(27)29-11-7-28-15(13(11)19)10-5-12(25-24-10)23-16-14-9(18)6-21-26(14)4-3-20-16/h3-6,8,11,13,15H,7H2,1-2H3,(H,22,27)(H2,20,23,24,25)/t11-,13-,15-/m0/s1. The first kappa shape index (κ1) is 19.4. The molecule has 1 saturated heterocycles. The van der Waals surface area contributed by atoms with Gasteiger partial charge in [-0.25, -0.2) is 18.7 Å². The van der Waals surface area contributed by atoms with Gasteiger partial charge in [0.25, 0.3) is 0 Å². The number of alkyl carbamates (subject to hydrolysis) is 1. The van der Waals surface area contributed by atoms with Crippen LogP contribution in [0.1, 0.15) is 25.6 Å². The van der Waals surface area contributed by atoms with E-state index in [1.54, 1.807) is 36.8 Å². The summed E-state index contributed by atoms with van der Waals surface area (Å²) in [6.45, 7) is 3.52. The summed E-state index contributed by atoms with van der Waals surface area (Å²) in [5.41, 5.74) is 0.991. The number of amides is 1. The highest BCUT2D eigenvalue weighted by molar-refractivity contribution is 6.34. The Labute approximate surface area is 169 Å². The Hall–Kier alpha value is -2.92. The quantitative estimate of drug-likeness (QED) is 0.577. The van der Waals surface area contributed by atoms with Gasteiger partial charge in [-0.15, -0.1) is 0 Å². The van der Waals surface area contributed by atoms with E-state index in [0.717, 1.165) is 0 Å². The van der Waals surface area contributed by atoms with Gasteiger partial charge in [0.05, 0.1) is 23.5 Å². The maximum absolute atomic E-state index is 14.8. The number of nitrogens with zero attached hydrogens (tertiary/aromatic N) is 4. The predicted molar refractivity (Wildman–Crippen MR) is 102 cm³/mol. The highest BCUT2D eigenvalue weighted by Crippen LogP contribution is 2.34. The maximum Gasteiger partial charge on any atom is 0.407 e. The second-order valence-corrected chi connectivity index (χ2v) is 7.24. The van der Waals surface area contributed by atoms with Gasteiger partial charge in [-0.1, -0.05) is 11.6 Å². The number of alkyl halides is 1. The summed E-state index contributed by atoms with van der Waals surface area (Å²) in [7, 11) is 0. The van der Waals surface area contributed by atoms with E-state index in [0.29, 0.717) is 27.9 Å². The fourth-order valence-electron chi connectivity index (χ4n) is 3.01. The van der Waals surface area contributed by atoms with Crippen LogP contribution in [0.25, 0.3) is 5.52 Å². The van der Waals surface area contributed by atoms with Crippen LogP contribution in [0.3, 0.4) is 0 Å². The highest BCUT2D eigenvalue weighted by atomic mass is 35.5. The largest absolute Gasteiger partial charge is 0.441 e. The van der Waals surface area contributed by atoms with Crippen molar-refractivity contribution in [2.75, 3.05) is 11.9 Å². The number of H-pyrrole nitrogens is 1. The van der Waals surface area contributed by atoms with Gasteiger partial charge in [0.2, 0.25) is 0 Å². The van der Waals surface area contributed by atoms with Gasteiger partial charge in [-0.3, -0.25) is 5.10 Å². The van der Waals surface area contributed by atoms with Crippen LogP contribution >= 0.6 is 11.6 Å². The number of aromatic nitrogens is 5. The molecular weight excluding hydrogens is 405 g/mol. The maximum atomic E-state index is 14.8. The van der Waals surface area contributed by atoms with Gasteiger partial charge >= 0.3 is 6.09 Å². The molecule has 12 heteroatoms. The lowest BCUT2D eigenvalue weighted by molar-refractivity contribution is 0.0615. The molecule has 1 aliphatic heterocycles. The van der Waals surface area contributed by atoms with Crippen LogP contribution in [-0.2, 0) is 9.47 Å². The van der Waals surface area contributed by atoms with Crippen LogP contribution in [0.4, 0.5) is 20.8 Å². The zero-order valence-corrected chi connectivity index (χ0v) is 16.4. The van der Waals surface area contributed by atoms with Crippen molar-refractivity contribution in [1.82, 2.24) is 30.1 Å². The number of rotatable bonds is 5. The summed E-state index contributed by atoms with van der Waals surface area (Å²) in [5.74, 6) is 0.847. The van der Waals surface area contributed by atoms with Crippen molar-refractivity contribution in [1.29, 1.82) is 0 Å². The molecule has 3 atom stereocenters. The SMILES string of the molecule is CC(C)NC(=O)O[C@H]1CO[C@@H](c2cc(Nc3nccn4ncc(Cl)c34)n[nH]2)[C@H]1F. The number of fused-ring (bicyclic) bond motifs is 1. The summed E-state index contributed by atoms with van der Waals surface area (Å²) >= 11 is 6.15. The van der Waals surface area contributed by atoms with Crippen molar-refractivity contribution in [2.24, 2.45) is 0 Å².